The van der Waals surface area contributed by atoms with E-state index in [9.17, 15) is 4.79 Å². The topological polar surface area (TPSA) is 40.9 Å². The Hall–Kier alpha value is -2.02. The van der Waals surface area contributed by atoms with E-state index in [-0.39, 0.29) is 5.56 Å². The molecule has 0 aliphatic carbocycles. The number of aromatic nitrogens is 2. The summed E-state index contributed by atoms with van der Waals surface area (Å²) in [6.07, 6.45) is 1.78. The average molecular weight is 354 g/mol. The second-order valence-corrected chi connectivity index (χ2v) is 7.55. The van der Waals surface area contributed by atoms with Crippen LogP contribution in [0.15, 0.2) is 46.7 Å². The molecule has 0 N–H and O–H groups in total. The van der Waals surface area contributed by atoms with Crippen molar-refractivity contribution in [2.24, 2.45) is 0 Å². The van der Waals surface area contributed by atoms with Gasteiger partial charge in [-0.1, -0.05) is 29.8 Å². The first kappa shape index (κ1) is 16.4. The molecule has 4 rings (SSSR count). The zero-order chi connectivity index (χ0) is 17.2. The van der Waals surface area contributed by atoms with Crippen molar-refractivity contribution >= 4 is 16.3 Å². The Morgan fingerprint density at radius 3 is 2.44 bits per heavy atom. The highest BCUT2D eigenvalue weighted by Crippen LogP contribution is 2.12. The van der Waals surface area contributed by atoms with Gasteiger partial charge in [0.05, 0.1) is 5.69 Å². The Morgan fingerprint density at radius 1 is 1.04 bits per heavy atom. The van der Waals surface area contributed by atoms with Crippen molar-refractivity contribution in [1.29, 1.82) is 0 Å². The molecule has 5 nitrogen and oxygen atoms in total. The highest BCUT2D eigenvalue weighted by molar-refractivity contribution is 7.15. The van der Waals surface area contributed by atoms with Crippen molar-refractivity contribution in [3.63, 3.8) is 0 Å². The fraction of sp³-hybridized carbons (Fsp3) is 0.368. The molecule has 2 aromatic heterocycles. The predicted molar refractivity (Wildman–Crippen MR) is 101 cm³/mol. The molecule has 0 atom stereocenters. The highest BCUT2D eigenvalue weighted by atomic mass is 32.1. The molecule has 25 heavy (non-hydrogen) atoms. The molecule has 1 aromatic carbocycles. The minimum Gasteiger partial charge on any atom is -0.297 e. The van der Waals surface area contributed by atoms with Gasteiger partial charge in [0.25, 0.3) is 5.56 Å². The number of benzene rings is 1. The fourth-order valence-electron chi connectivity index (χ4n) is 3.26. The molecular formula is C19H22N4OS. The quantitative estimate of drug-likeness (QED) is 0.721. The average Bonchev–Trinajstić information content (AvgIpc) is 3.08. The third-order valence-corrected chi connectivity index (χ3v) is 5.49. The summed E-state index contributed by atoms with van der Waals surface area (Å²) in [5.74, 6) is 0. The summed E-state index contributed by atoms with van der Waals surface area (Å²) in [7, 11) is 0. The molecule has 0 unspecified atom stereocenters. The summed E-state index contributed by atoms with van der Waals surface area (Å²) >= 11 is 1.51. The van der Waals surface area contributed by atoms with Gasteiger partial charge in [-0.15, -0.1) is 11.3 Å². The number of piperazine rings is 1. The first-order chi connectivity index (χ1) is 12.2. The van der Waals surface area contributed by atoms with Crippen molar-refractivity contribution in [2.75, 3.05) is 26.2 Å². The van der Waals surface area contributed by atoms with E-state index in [1.165, 1.54) is 22.5 Å². The summed E-state index contributed by atoms with van der Waals surface area (Å²) in [4.78, 5) is 22.4. The largest absolute Gasteiger partial charge is 0.297 e. The lowest BCUT2D eigenvalue weighted by Crippen LogP contribution is -2.45. The lowest BCUT2D eigenvalue weighted by molar-refractivity contribution is 0.121. The van der Waals surface area contributed by atoms with E-state index in [4.69, 9.17) is 0 Å². The van der Waals surface area contributed by atoms with E-state index in [1.54, 1.807) is 16.7 Å². The maximum Gasteiger partial charge on any atom is 0.258 e. The van der Waals surface area contributed by atoms with Crippen LogP contribution in [0.1, 0.15) is 16.8 Å². The van der Waals surface area contributed by atoms with Crippen LogP contribution in [0, 0.1) is 6.92 Å². The van der Waals surface area contributed by atoms with Crippen LogP contribution in [0.2, 0.25) is 0 Å². The zero-order valence-corrected chi connectivity index (χ0v) is 15.2. The Balaban J connectivity index is 1.35. The molecule has 3 heterocycles. The van der Waals surface area contributed by atoms with Gasteiger partial charge in [0.1, 0.15) is 0 Å². The van der Waals surface area contributed by atoms with E-state index in [1.807, 2.05) is 5.38 Å². The smallest absolute Gasteiger partial charge is 0.258 e. The Bertz CT molecular complexity index is 907. The highest BCUT2D eigenvalue weighted by Gasteiger charge is 2.18. The minimum absolute atomic E-state index is 0.0132. The van der Waals surface area contributed by atoms with E-state index < -0.39 is 0 Å². The van der Waals surface area contributed by atoms with Crippen molar-refractivity contribution < 1.29 is 0 Å². The van der Waals surface area contributed by atoms with Crippen LogP contribution >= 0.6 is 11.3 Å². The van der Waals surface area contributed by atoms with E-state index >= 15 is 0 Å². The van der Waals surface area contributed by atoms with Gasteiger partial charge in [-0.25, -0.2) is 4.98 Å². The van der Waals surface area contributed by atoms with Gasteiger partial charge in [-0.05, 0) is 12.5 Å². The first-order valence-corrected chi connectivity index (χ1v) is 9.51. The van der Waals surface area contributed by atoms with Gasteiger partial charge >= 0.3 is 0 Å². The van der Waals surface area contributed by atoms with Gasteiger partial charge < -0.3 is 0 Å². The van der Waals surface area contributed by atoms with Crippen LogP contribution in [0.25, 0.3) is 4.96 Å². The maximum atomic E-state index is 12.1. The fourth-order valence-corrected chi connectivity index (χ4v) is 3.99. The predicted octanol–water partition coefficient (Wildman–Crippen LogP) is 2.38. The van der Waals surface area contributed by atoms with Gasteiger partial charge in [0.2, 0.25) is 0 Å². The van der Waals surface area contributed by atoms with Crippen LogP contribution < -0.4 is 5.56 Å². The summed E-state index contributed by atoms with van der Waals surface area (Å²) in [5.41, 5.74) is 3.57. The van der Waals surface area contributed by atoms with Crippen LogP contribution in [0.5, 0.6) is 0 Å². The molecule has 6 heteroatoms. The second-order valence-electron chi connectivity index (χ2n) is 6.68. The number of hydrogen-bond donors (Lipinski definition) is 0. The van der Waals surface area contributed by atoms with Crippen molar-refractivity contribution in [2.45, 2.75) is 20.0 Å². The van der Waals surface area contributed by atoms with Gasteiger partial charge in [-0.2, -0.15) is 0 Å². The zero-order valence-electron chi connectivity index (χ0n) is 14.4. The van der Waals surface area contributed by atoms with E-state index in [2.05, 4.69) is 46.0 Å². The van der Waals surface area contributed by atoms with Gasteiger partial charge in [0, 0.05) is 56.9 Å². The summed E-state index contributed by atoms with van der Waals surface area (Å²) < 4.78 is 1.60. The molecule has 0 saturated carbocycles. The SMILES string of the molecule is Cc1ccc(CN2CCN(Cc3cc(=O)n4ccsc4n3)CC2)cc1. The van der Waals surface area contributed by atoms with Crippen LogP contribution in [0.4, 0.5) is 0 Å². The maximum absolute atomic E-state index is 12.1. The lowest BCUT2D eigenvalue weighted by Gasteiger charge is -2.34. The molecule has 0 radical (unpaired) electrons. The lowest BCUT2D eigenvalue weighted by atomic mass is 10.1. The number of fused-ring (bicyclic) bond motifs is 1. The van der Waals surface area contributed by atoms with Crippen molar-refractivity contribution in [1.82, 2.24) is 19.2 Å². The van der Waals surface area contributed by atoms with Gasteiger partial charge in [0.15, 0.2) is 4.96 Å². The first-order valence-electron chi connectivity index (χ1n) is 8.63. The summed E-state index contributed by atoms with van der Waals surface area (Å²) in [5, 5.41) is 1.90. The van der Waals surface area contributed by atoms with Gasteiger partial charge in [-0.3, -0.25) is 19.0 Å². The molecular weight excluding hydrogens is 332 g/mol. The van der Waals surface area contributed by atoms with E-state index in [0.717, 1.165) is 49.9 Å². The monoisotopic (exact) mass is 354 g/mol. The number of nitrogens with zero attached hydrogens (tertiary/aromatic N) is 4. The van der Waals surface area contributed by atoms with Crippen LogP contribution in [-0.4, -0.2) is 45.4 Å². The Kier molecular flexibility index (Phi) is 4.65. The molecule has 0 bridgehead atoms. The Morgan fingerprint density at radius 2 is 1.72 bits per heavy atom. The normalized spacial score (nSPS) is 16.5. The number of aryl methyl sites for hydroxylation is 1. The molecule has 1 aliphatic rings. The molecule has 3 aromatic rings. The minimum atomic E-state index is 0.0132. The molecule has 0 spiro atoms. The van der Waals surface area contributed by atoms with E-state index in [0.29, 0.717) is 0 Å². The molecule has 0 amide bonds. The standard InChI is InChI=1S/C19H22N4OS/c1-15-2-4-16(5-3-15)13-21-6-8-22(9-7-21)14-17-12-18(24)23-10-11-25-19(23)20-17/h2-5,10-12H,6-9,13-14H2,1H3. The van der Waals surface area contributed by atoms with Crippen LogP contribution in [-0.2, 0) is 13.1 Å². The number of hydrogen-bond acceptors (Lipinski definition) is 5. The molecule has 130 valence electrons. The summed E-state index contributed by atoms with van der Waals surface area (Å²) in [6, 6.07) is 10.5. The Labute approximate surface area is 151 Å². The van der Waals surface area contributed by atoms with Crippen molar-refractivity contribution in [3.8, 4) is 0 Å². The third kappa shape index (κ3) is 3.81. The second kappa shape index (κ2) is 7.07. The molecule has 1 fully saturated rings. The number of thiazole rings is 1. The third-order valence-electron chi connectivity index (χ3n) is 4.73. The molecule has 1 aliphatic heterocycles. The van der Waals surface area contributed by atoms with Crippen molar-refractivity contribution in [3.05, 3.63) is 69.1 Å². The van der Waals surface area contributed by atoms with Crippen LogP contribution in [0.3, 0.4) is 0 Å². The summed E-state index contributed by atoms with van der Waals surface area (Å²) in [6.45, 7) is 8.00. The molecule has 1 saturated heterocycles. The number of rotatable bonds is 4.